The van der Waals surface area contributed by atoms with Gasteiger partial charge in [0.15, 0.2) is 0 Å². The maximum absolute atomic E-state index is 11.8. The molecule has 3 nitrogen and oxygen atoms in total. The van der Waals surface area contributed by atoms with Crippen molar-refractivity contribution in [1.82, 2.24) is 4.90 Å². The second kappa shape index (κ2) is 6.73. The van der Waals surface area contributed by atoms with E-state index in [0.717, 1.165) is 16.6 Å². The van der Waals surface area contributed by atoms with Crippen LogP contribution in [0, 0.1) is 0 Å². The SMILES string of the molecule is CN(Cc1cc(Br)cs1)CC(C)(C(=O)O)c1ccccc1. The van der Waals surface area contributed by atoms with Gasteiger partial charge >= 0.3 is 5.97 Å². The molecule has 0 radical (unpaired) electrons. The summed E-state index contributed by atoms with van der Waals surface area (Å²) in [6.07, 6.45) is 0. The number of rotatable bonds is 6. The van der Waals surface area contributed by atoms with Gasteiger partial charge in [-0.3, -0.25) is 9.69 Å². The molecule has 0 saturated carbocycles. The van der Waals surface area contributed by atoms with Crippen molar-refractivity contribution in [2.45, 2.75) is 18.9 Å². The molecule has 0 amide bonds. The van der Waals surface area contributed by atoms with Gasteiger partial charge in [-0.2, -0.15) is 0 Å². The van der Waals surface area contributed by atoms with Gasteiger partial charge in [-0.25, -0.2) is 0 Å². The lowest BCUT2D eigenvalue weighted by atomic mass is 9.82. The average molecular weight is 368 g/mol. The van der Waals surface area contributed by atoms with Crippen LogP contribution in [0.5, 0.6) is 0 Å². The Balaban J connectivity index is 2.14. The number of carboxylic acids is 1. The summed E-state index contributed by atoms with van der Waals surface area (Å²) in [5.41, 5.74) is -0.0819. The highest BCUT2D eigenvalue weighted by atomic mass is 79.9. The molecule has 0 aliphatic carbocycles. The molecule has 5 heteroatoms. The summed E-state index contributed by atoms with van der Waals surface area (Å²) in [4.78, 5) is 15.1. The average Bonchev–Trinajstić information content (AvgIpc) is 2.84. The highest BCUT2D eigenvalue weighted by molar-refractivity contribution is 9.10. The van der Waals surface area contributed by atoms with E-state index in [0.29, 0.717) is 6.54 Å². The zero-order valence-electron chi connectivity index (χ0n) is 12.0. The summed E-state index contributed by atoms with van der Waals surface area (Å²) >= 11 is 5.11. The Morgan fingerprint density at radius 1 is 1.38 bits per heavy atom. The fraction of sp³-hybridized carbons (Fsp3) is 0.312. The van der Waals surface area contributed by atoms with Crippen molar-refractivity contribution in [3.05, 3.63) is 56.7 Å². The third-order valence-corrected chi connectivity index (χ3v) is 5.20. The minimum absolute atomic E-state index is 0.460. The maximum atomic E-state index is 11.8. The zero-order chi connectivity index (χ0) is 15.5. The van der Waals surface area contributed by atoms with E-state index in [1.807, 2.05) is 42.8 Å². The Bertz CT molecular complexity index is 614. The van der Waals surface area contributed by atoms with Crippen molar-refractivity contribution in [2.75, 3.05) is 13.6 Å². The first-order valence-electron chi connectivity index (χ1n) is 6.62. The summed E-state index contributed by atoms with van der Waals surface area (Å²) in [6.45, 7) is 2.99. The Morgan fingerprint density at radius 2 is 2.05 bits per heavy atom. The predicted octanol–water partition coefficient (Wildman–Crippen LogP) is 3.98. The number of halogens is 1. The van der Waals surface area contributed by atoms with Gasteiger partial charge in [-0.05, 0) is 41.5 Å². The van der Waals surface area contributed by atoms with E-state index < -0.39 is 11.4 Å². The number of likely N-dealkylation sites (N-methyl/N-ethyl adjacent to an activating group) is 1. The van der Waals surface area contributed by atoms with Crippen LogP contribution in [0.1, 0.15) is 17.4 Å². The molecule has 0 spiro atoms. The molecule has 1 aromatic heterocycles. The predicted molar refractivity (Wildman–Crippen MR) is 89.8 cm³/mol. The molecule has 1 N–H and O–H groups in total. The lowest BCUT2D eigenvalue weighted by Crippen LogP contribution is -2.42. The van der Waals surface area contributed by atoms with Crippen LogP contribution in [0.4, 0.5) is 0 Å². The molecule has 1 unspecified atom stereocenters. The highest BCUT2D eigenvalue weighted by Crippen LogP contribution is 2.27. The normalized spacial score (nSPS) is 14.1. The largest absolute Gasteiger partial charge is 0.481 e. The van der Waals surface area contributed by atoms with Crippen LogP contribution in [0.3, 0.4) is 0 Å². The number of nitrogens with zero attached hydrogens (tertiary/aromatic N) is 1. The molecule has 0 aliphatic rings. The highest BCUT2D eigenvalue weighted by Gasteiger charge is 2.36. The molecule has 2 rings (SSSR count). The van der Waals surface area contributed by atoms with E-state index in [4.69, 9.17) is 0 Å². The molecular weight excluding hydrogens is 350 g/mol. The fourth-order valence-corrected chi connectivity index (χ4v) is 3.92. The van der Waals surface area contributed by atoms with Crippen LogP contribution in [-0.4, -0.2) is 29.6 Å². The van der Waals surface area contributed by atoms with Crippen LogP contribution < -0.4 is 0 Å². The molecule has 0 aliphatic heterocycles. The Labute approximate surface area is 137 Å². The van der Waals surface area contributed by atoms with Crippen LogP contribution in [-0.2, 0) is 16.8 Å². The lowest BCUT2D eigenvalue weighted by molar-refractivity contribution is -0.144. The van der Waals surface area contributed by atoms with Gasteiger partial charge in [0.2, 0.25) is 0 Å². The van der Waals surface area contributed by atoms with E-state index in [1.54, 1.807) is 18.3 Å². The molecule has 1 aromatic carbocycles. The van der Waals surface area contributed by atoms with Gasteiger partial charge in [0.25, 0.3) is 0 Å². The van der Waals surface area contributed by atoms with Crippen molar-refractivity contribution in [3.63, 3.8) is 0 Å². The monoisotopic (exact) mass is 367 g/mol. The molecule has 0 fully saturated rings. The third kappa shape index (κ3) is 3.93. The minimum Gasteiger partial charge on any atom is -0.481 e. The number of benzene rings is 1. The van der Waals surface area contributed by atoms with E-state index >= 15 is 0 Å². The summed E-state index contributed by atoms with van der Waals surface area (Å²) < 4.78 is 1.07. The van der Waals surface area contributed by atoms with Gasteiger partial charge in [0.1, 0.15) is 5.41 Å². The summed E-state index contributed by atoms with van der Waals surface area (Å²) in [6, 6.07) is 11.5. The number of hydrogen-bond acceptors (Lipinski definition) is 3. The second-order valence-electron chi connectivity index (χ2n) is 5.41. The third-order valence-electron chi connectivity index (χ3n) is 3.52. The Kier molecular flexibility index (Phi) is 5.19. The molecule has 112 valence electrons. The van der Waals surface area contributed by atoms with E-state index in [9.17, 15) is 9.90 Å². The van der Waals surface area contributed by atoms with Crippen molar-refractivity contribution in [3.8, 4) is 0 Å². The first kappa shape index (κ1) is 16.2. The molecule has 1 heterocycles. The summed E-state index contributed by atoms with van der Waals surface area (Å²) in [5.74, 6) is -0.798. The van der Waals surface area contributed by atoms with E-state index in [2.05, 4.69) is 26.9 Å². The number of carboxylic acid groups (broad SMARTS) is 1. The topological polar surface area (TPSA) is 40.5 Å². The first-order valence-corrected chi connectivity index (χ1v) is 8.29. The van der Waals surface area contributed by atoms with Crippen LogP contribution in [0.15, 0.2) is 46.3 Å². The number of thiophene rings is 1. The number of aliphatic carboxylic acids is 1. The second-order valence-corrected chi connectivity index (χ2v) is 7.32. The van der Waals surface area contributed by atoms with Crippen LogP contribution in [0.25, 0.3) is 0 Å². The number of hydrogen-bond donors (Lipinski definition) is 1. The van der Waals surface area contributed by atoms with E-state index in [1.165, 1.54) is 4.88 Å². The minimum atomic E-state index is -0.912. The van der Waals surface area contributed by atoms with Gasteiger partial charge in [-0.15, -0.1) is 11.3 Å². The van der Waals surface area contributed by atoms with Gasteiger partial charge in [-0.1, -0.05) is 30.3 Å². The lowest BCUT2D eigenvalue weighted by Gasteiger charge is -2.30. The van der Waals surface area contributed by atoms with Crippen molar-refractivity contribution >= 4 is 33.2 Å². The van der Waals surface area contributed by atoms with Gasteiger partial charge < -0.3 is 5.11 Å². The van der Waals surface area contributed by atoms with Gasteiger partial charge in [0, 0.05) is 27.8 Å². The molecule has 0 saturated heterocycles. The summed E-state index contributed by atoms with van der Waals surface area (Å²) in [7, 11) is 1.96. The molecule has 1 atom stereocenters. The number of carbonyl (C=O) groups is 1. The van der Waals surface area contributed by atoms with Crippen molar-refractivity contribution in [2.24, 2.45) is 0 Å². The van der Waals surface area contributed by atoms with Crippen LogP contribution >= 0.6 is 27.3 Å². The summed E-state index contributed by atoms with van der Waals surface area (Å²) in [5, 5.41) is 11.7. The van der Waals surface area contributed by atoms with Gasteiger partial charge in [0.05, 0.1) is 0 Å². The molecular formula is C16H18BrNO2S. The maximum Gasteiger partial charge on any atom is 0.315 e. The molecule has 0 bridgehead atoms. The fourth-order valence-electron chi connectivity index (χ4n) is 2.39. The Hall–Kier alpha value is -1.17. The van der Waals surface area contributed by atoms with Crippen LogP contribution in [0.2, 0.25) is 0 Å². The smallest absolute Gasteiger partial charge is 0.315 e. The van der Waals surface area contributed by atoms with E-state index in [-0.39, 0.29) is 0 Å². The zero-order valence-corrected chi connectivity index (χ0v) is 14.4. The van der Waals surface area contributed by atoms with Crippen molar-refractivity contribution in [1.29, 1.82) is 0 Å². The Morgan fingerprint density at radius 3 is 2.57 bits per heavy atom. The van der Waals surface area contributed by atoms with Crippen molar-refractivity contribution < 1.29 is 9.90 Å². The molecule has 2 aromatic rings. The quantitative estimate of drug-likeness (QED) is 0.838. The molecule has 21 heavy (non-hydrogen) atoms. The standard InChI is InChI=1S/C16H18BrNO2S/c1-16(15(19)20,12-6-4-3-5-7-12)11-18(2)9-14-8-13(17)10-21-14/h3-8,10H,9,11H2,1-2H3,(H,19,20). The first-order chi connectivity index (χ1) is 9.91.